The van der Waals surface area contributed by atoms with Crippen molar-refractivity contribution in [1.29, 1.82) is 0 Å². The van der Waals surface area contributed by atoms with Crippen molar-refractivity contribution in [2.75, 3.05) is 13.7 Å². The fourth-order valence-corrected chi connectivity index (χ4v) is 2.94. The van der Waals surface area contributed by atoms with E-state index in [1.54, 1.807) is 0 Å². The van der Waals surface area contributed by atoms with Gasteiger partial charge in [-0.1, -0.05) is 19.6 Å². The highest BCUT2D eigenvalue weighted by molar-refractivity contribution is 6.76. The van der Waals surface area contributed by atoms with E-state index in [-0.39, 0.29) is 24.7 Å². The average Bonchev–Trinajstić information content (AvgIpc) is 2.91. The zero-order chi connectivity index (χ0) is 19.9. The number of methoxy groups -OCH3 is 1. The molecule has 1 aromatic rings. The van der Waals surface area contributed by atoms with Gasteiger partial charge in [0, 0.05) is 28.0 Å². The van der Waals surface area contributed by atoms with Crippen LogP contribution in [-0.4, -0.2) is 54.2 Å². The minimum atomic E-state index is -1.26. The summed E-state index contributed by atoms with van der Waals surface area (Å²) in [6.07, 6.45) is 1.15. The summed E-state index contributed by atoms with van der Waals surface area (Å²) in [4.78, 5) is 37.9. The SMILES string of the molecule is COC(=O)[C@H](Cc1ncn(COCC[Si](C)(C)C)c1[N+](=O)[O-])NC(C)=O. The second kappa shape index (κ2) is 9.43. The Morgan fingerprint density at radius 1 is 1.42 bits per heavy atom. The third-order valence-corrected chi connectivity index (χ3v) is 5.25. The van der Waals surface area contributed by atoms with Gasteiger partial charge in [0.05, 0.1) is 7.11 Å². The number of nitrogens with one attached hydrogen (secondary N) is 1. The normalized spacial score (nSPS) is 12.5. The summed E-state index contributed by atoms with van der Waals surface area (Å²) in [7, 11) is -0.0782. The van der Waals surface area contributed by atoms with Crippen LogP contribution in [0.15, 0.2) is 6.33 Å². The van der Waals surface area contributed by atoms with Crippen LogP contribution in [0.3, 0.4) is 0 Å². The number of aromatic nitrogens is 2. The van der Waals surface area contributed by atoms with Crippen molar-refractivity contribution < 1.29 is 24.0 Å². The minimum Gasteiger partial charge on any atom is -0.467 e. The highest BCUT2D eigenvalue weighted by atomic mass is 28.3. The van der Waals surface area contributed by atoms with E-state index < -0.39 is 30.9 Å². The standard InChI is InChI=1S/C15H26N4O6Si/c1-11(20)17-13(15(21)24-2)8-12-14(19(22)23)18(9-16-12)10-25-6-7-26(3,4)5/h9,13H,6-8,10H2,1-5H3,(H,17,20)/t13-/m0/s1. The number of carbonyl (C=O) groups excluding carboxylic acids is 2. The number of carbonyl (C=O) groups is 2. The molecule has 1 N–H and O–H groups in total. The van der Waals surface area contributed by atoms with E-state index in [0.717, 1.165) is 6.04 Å². The molecule has 0 radical (unpaired) electrons. The Labute approximate surface area is 153 Å². The van der Waals surface area contributed by atoms with Crippen LogP contribution in [0.2, 0.25) is 25.7 Å². The van der Waals surface area contributed by atoms with Crippen molar-refractivity contribution in [2.45, 2.75) is 51.8 Å². The van der Waals surface area contributed by atoms with Gasteiger partial charge in [0.25, 0.3) is 0 Å². The van der Waals surface area contributed by atoms with Gasteiger partial charge >= 0.3 is 11.8 Å². The molecule has 26 heavy (non-hydrogen) atoms. The number of nitrogens with zero attached hydrogens (tertiary/aromatic N) is 3. The van der Waals surface area contributed by atoms with Crippen molar-refractivity contribution in [3.63, 3.8) is 0 Å². The van der Waals surface area contributed by atoms with Gasteiger partial charge in [-0.3, -0.25) is 4.79 Å². The predicted molar refractivity (Wildman–Crippen MR) is 96.3 cm³/mol. The van der Waals surface area contributed by atoms with E-state index in [2.05, 4.69) is 34.7 Å². The van der Waals surface area contributed by atoms with Crippen LogP contribution in [0.1, 0.15) is 12.6 Å². The Balaban J connectivity index is 2.88. The minimum absolute atomic E-state index is 0.00315. The first kappa shape index (κ1) is 21.8. The third kappa shape index (κ3) is 6.92. The highest BCUT2D eigenvalue weighted by Crippen LogP contribution is 2.20. The molecule has 146 valence electrons. The monoisotopic (exact) mass is 386 g/mol. The summed E-state index contributed by atoms with van der Waals surface area (Å²) < 4.78 is 11.4. The Morgan fingerprint density at radius 2 is 2.08 bits per heavy atom. The maximum atomic E-state index is 11.8. The van der Waals surface area contributed by atoms with Gasteiger partial charge in [0.1, 0.15) is 11.7 Å². The average molecular weight is 386 g/mol. The van der Waals surface area contributed by atoms with E-state index in [9.17, 15) is 19.7 Å². The Kier molecular flexibility index (Phi) is 7.90. The van der Waals surface area contributed by atoms with Gasteiger partial charge in [0.2, 0.25) is 5.91 Å². The fourth-order valence-electron chi connectivity index (χ4n) is 2.18. The number of amides is 1. The van der Waals surface area contributed by atoms with E-state index >= 15 is 0 Å². The van der Waals surface area contributed by atoms with Crippen molar-refractivity contribution in [3.8, 4) is 0 Å². The maximum Gasteiger partial charge on any atom is 0.347 e. The van der Waals surface area contributed by atoms with Gasteiger partial charge in [-0.25, -0.2) is 9.78 Å². The van der Waals surface area contributed by atoms with Gasteiger partial charge in [-0.05, 0) is 11.0 Å². The summed E-state index contributed by atoms with van der Waals surface area (Å²) in [6.45, 7) is 8.39. The number of esters is 1. The fraction of sp³-hybridized carbons (Fsp3) is 0.667. The van der Waals surface area contributed by atoms with Crippen molar-refractivity contribution in [1.82, 2.24) is 14.9 Å². The molecular formula is C15H26N4O6Si. The number of nitro groups is 1. The Morgan fingerprint density at radius 3 is 2.58 bits per heavy atom. The molecule has 0 aliphatic carbocycles. The molecule has 0 fully saturated rings. The summed E-state index contributed by atoms with van der Waals surface area (Å²) in [5.41, 5.74) is 0.0768. The number of rotatable bonds is 10. The van der Waals surface area contributed by atoms with Crippen molar-refractivity contribution >= 4 is 25.8 Å². The first-order chi connectivity index (χ1) is 12.0. The van der Waals surface area contributed by atoms with E-state index in [1.165, 1.54) is 24.9 Å². The van der Waals surface area contributed by atoms with Crippen LogP contribution >= 0.6 is 0 Å². The Hall–Kier alpha value is -2.27. The largest absolute Gasteiger partial charge is 0.467 e. The van der Waals surface area contributed by atoms with Gasteiger partial charge in [-0.2, -0.15) is 4.57 Å². The molecule has 1 heterocycles. The van der Waals surface area contributed by atoms with E-state index in [0.29, 0.717) is 6.61 Å². The zero-order valence-corrected chi connectivity index (χ0v) is 16.8. The summed E-state index contributed by atoms with van der Waals surface area (Å²) in [6, 6.07) is -0.109. The van der Waals surface area contributed by atoms with Crippen LogP contribution in [-0.2, 0) is 32.2 Å². The summed E-state index contributed by atoms with van der Waals surface area (Å²) in [5, 5.41) is 13.8. The third-order valence-electron chi connectivity index (χ3n) is 3.54. The van der Waals surface area contributed by atoms with E-state index in [1.807, 2.05) is 0 Å². The van der Waals surface area contributed by atoms with Crippen LogP contribution < -0.4 is 5.32 Å². The molecule has 0 bridgehead atoms. The molecule has 0 aliphatic heterocycles. The van der Waals surface area contributed by atoms with Gasteiger partial charge in [0.15, 0.2) is 13.1 Å². The molecule has 0 saturated heterocycles. The number of hydrogen-bond acceptors (Lipinski definition) is 7. The highest BCUT2D eigenvalue weighted by Gasteiger charge is 2.29. The lowest BCUT2D eigenvalue weighted by Crippen LogP contribution is -2.42. The molecule has 0 spiro atoms. The molecule has 1 amide bonds. The molecule has 11 heteroatoms. The lowest BCUT2D eigenvalue weighted by molar-refractivity contribution is -0.393. The molecule has 0 aliphatic rings. The second-order valence-electron chi connectivity index (χ2n) is 7.07. The maximum absolute atomic E-state index is 11.8. The molecule has 0 aromatic carbocycles. The number of hydrogen-bond donors (Lipinski definition) is 1. The van der Waals surface area contributed by atoms with Crippen LogP contribution in [0.25, 0.3) is 0 Å². The summed E-state index contributed by atoms with van der Waals surface area (Å²) in [5.74, 6) is -1.41. The predicted octanol–water partition coefficient (Wildman–Crippen LogP) is 1.32. The van der Waals surface area contributed by atoms with Crippen LogP contribution in [0.5, 0.6) is 0 Å². The zero-order valence-electron chi connectivity index (χ0n) is 15.8. The molecule has 1 aromatic heterocycles. The topological polar surface area (TPSA) is 126 Å². The van der Waals surface area contributed by atoms with Crippen molar-refractivity contribution in [3.05, 3.63) is 22.1 Å². The van der Waals surface area contributed by atoms with Gasteiger partial charge < -0.3 is 24.9 Å². The molecule has 0 saturated carbocycles. The van der Waals surface area contributed by atoms with Crippen LogP contribution in [0.4, 0.5) is 5.82 Å². The molecular weight excluding hydrogens is 360 g/mol. The first-order valence-electron chi connectivity index (χ1n) is 8.16. The second-order valence-corrected chi connectivity index (χ2v) is 12.7. The number of ether oxygens (including phenoxy) is 2. The lowest BCUT2D eigenvalue weighted by Gasteiger charge is -2.15. The van der Waals surface area contributed by atoms with E-state index in [4.69, 9.17) is 4.74 Å². The molecule has 10 nitrogen and oxygen atoms in total. The van der Waals surface area contributed by atoms with Gasteiger partial charge in [-0.15, -0.1) is 0 Å². The molecule has 0 unspecified atom stereocenters. The quantitative estimate of drug-likeness (QED) is 0.211. The van der Waals surface area contributed by atoms with Crippen molar-refractivity contribution in [2.24, 2.45) is 0 Å². The smallest absolute Gasteiger partial charge is 0.347 e. The Bertz CT molecular complexity index is 655. The lowest BCUT2D eigenvalue weighted by atomic mass is 10.1. The molecule has 1 rings (SSSR count). The number of imidazole rings is 1. The summed E-state index contributed by atoms with van der Waals surface area (Å²) >= 11 is 0. The molecule has 1 atom stereocenters. The first-order valence-corrected chi connectivity index (χ1v) is 11.9. The van der Waals surface area contributed by atoms with Crippen LogP contribution in [0, 0.1) is 10.1 Å².